The van der Waals surface area contributed by atoms with Crippen LogP contribution in [-0.2, 0) is 12.8 Å². The van der Waals surface area contributed by atoms with Crippen molar-refractivity contribution in [3.8, 4) is 0 Å². The molecular weight excluding hydrogens is 322 g/mol. The fourth-order valence-electron chi connectivity index (χ4n) is 3.69. The number of anilines is 4. The Morgan fingerprint density at radius 1 is 1.15 bits per heavy atom. The maximum absolute atomic E-state index is 4.76. The van der Waals surface area contributed by atoms with Gasteiger partial charge in [0.25, 0.3) is 0 Å². The summed E-state index contributed by atoms with van der Waals surface area (Å²) >= 11 is 0. The van der Waals surface area contributed by atoms with E-state index in [9.17, 15) is 0 Å². The lowest BCUT2D eigenvalue weighted by Crippen LogP contribution is -2.25. The number of rotatable bonds is 4. The molecule has 1 aliphatic heterocycles. The average Bonchev–Trinajstić information content (AvgIpc) is 2.99. The summed E-state index contributed by atoms with van der Waals surface area (Å²) in [5.74, 6) is 1.36. The standard InChI is InChI=1S/C21H23N5/c1-4-16-10-7-8-14(2)20(16)24-21-23-19(13-22-25-21)26-15(3)12-17-9-5-6-11-18(17)26/h5-11,13,15H,4,12H2,1-3H3,(H,23,24,25). The van der Waals surface area contributed by atoms with E-state index in [2.05, 4.69) is 83.6 Å². The first-order valence-corrected chi connectivity index (χ1v) is 9.09. The molecule has 0 aliphatic carbocycles. The molecule has 4 rings (SSSR count). The van der Waals surface area contributed by atoms with Crippen LogP contribution in [0, 0.1) is 6.92 Å². The van der Waals surface area contributed by atoms with Gasteiger partial charge in [-0.3, -0.25) is 0 Å². The number of aryl methyl sites for hydroxylation is 2. The van der Waals surface area contributed by atoms with Gasteiger partial charge in [-0.05, 0) is 49.4 Å². The molecule has 0 spiro atoms. The van der Waals surface area contributed by atoms with E-state index in [1.54, 1.807) is 6.20 Å². The van der Waals surface area contributed by atoms with Crippen LogP contribution in [0.15, 0.2) is 48.7 Å². The second kappa shape index (κ2) is 6.75. The second-order valence-electron chi connectivity index (χ2n) is 6.78. The number of nitrogens with one attached hydrogen (secondary N) is 1. The SMILES string of the molecule is CCc1cccc(C)c1Nc1nncc(N2c3ccccc3CC2C)n1. The summed E-state index contributed by atoms with van der Waals surface area (Å²) in [5.41, 5.74) is 6.05. The van der Waals surface area contributed by atoms with Crippen molar-refractivity contribution in [3.63, 3.8) is 0 Å². The number of aromatic nitrogens is 3. The largest absolute Gasteiger partial charge is 0.322 e. The lowest BCUT2D eigenvalue weighted by atomic mass is 10.1. The van der Waals surface area contributed by atoms with Crippen LogP contribution < -0.4 is 10.2 Å². The first-order valence-electron chi connectivity index (χ1n) is 9.09. The number of benzene rings is 2. The highest BCUT2D eigenvalue weighted by Gasteiger charge is 2.28. The molecule has 1 unspecified atom stereocenters. The summed E-state index contributed by atoms with van der Waals surface area (Å²) < 4.78 is 0. The molecule has 5 nitrogen and oxygen atoms in total. The molecule has 5 heteroatoms. The van der Waals surface area contributed by atoms with Crippen molar-refractivity contribution in [2.75, 3.05) is 10.2 Å². The van der Waals surface area contributed by atoms with Crippen molar-refractivity contribution in [1.82, 2.24) is 15.2 Å². The van der Waals surface area contributed by atoms with Gasteiger partial charge in [-0.15, -0.1) is 5.10 Å². The van der Waals surface area contributed by atoms with E-state index in [-0.39, 0.29) is 0 Å². The molecule has 26 heavy (non-hydrogen) atoms. The predicted octanol–water partition coefficient (Wildman–Crippen LogP) is 4.57. The molecule has 1 aliphatic rings. The summed E-state index contributed by atoms with van der Waals surface area (Å²) in [6.07, 6.45) is 3.71. The van der Waals surface area contributed by atoms with Crippen molar-refractivity contribution in [3.05, 3.63) is 65.4 Å². The topological polar surface area (TPSA) is 53.9 Å². The van der Waals surface area contributed by atoms with Crippen LogP contribution in [-0.4, -0.2) is 21.2 Å². The molecule has 1 atom stereocenters. The first-order chi connectivity index (χ1) is 12.7. The van der Waals surface area contributed by atoms with Crippen molar-refractivity contribution < 1.29 is 0 Å². The van der Waals surface area contributed by atoms with Crippen LogP contribution in [0.2, 0.25) is 0 Å². The Kier molecular flexibility index (Phi) is 4.29. The van der Waals surface area contributed by atoms with E-state index in [0.717, 1.165) is 24.3 Å². The quantitative estimate of drug-likeness (QED) is 0.751. The lowest BCUT2D eigenvalue weighted by Gasteiger charge is -2.23. The number of fused-ring (bicyclic) bond motifs is 1. The third-order valence-electron chi connectivity index (χ3n) is 4.98. The minimum absolute atomic E-state index is 0.349. The van der Waals surface area contributed by atoms with Crippen LogP contribution in [0.3, 0.4) is 0 Å². The normalized spacial score (nSPS) is 15.8. The van der Waals surface area contributed by atoms with Gasteiger partial charge in [-0.25, -0.2) is 0 Å². The number of nitrogens with zero attached hydrogens (tertiary/aromatic N) is 4. The van der Waals surface area contributed by atoms with E-state index < -0.39 is 0 Å². The molecule has 0 bridgehead atoms. The van der Waals surface area contributed by atoms with Gasteiger partial charge in [0.1, 0.15) is 0 Å². The van der Waals surface area contributed by atoms with E-state index in [1.165, 1.54) is 22.4 Å². The van der Waals surface area contributed by atoms with Crippen molar-refractivity contribution in [2.45, 2.75) is 39.7 Å². The molecule has 2 heterocycles. The van der Waals surface area contributed by atoms with Crippen molar-refractivity contribution >= 4 is 23.1 Å². The minimum Gasteiger partial charge on any atom is -0.322 e. The third kappa shape index (κ3) is 2.90. The van der Waals surface area contributed by atoms with Gasteiger partial charge in [-0.1, -0.05) is 43.3 Å². The minimum atomic E-state index is 0.349. The molecule has 0 saturated carbocycles. The Hall–Kier alpha value is -2.95. The summed E-state index contributed by atoms with van der Waals surface area (Å²) in [6.45, 7) is 6.46. The molecule has 3 aromatic rings. The first kappa shape index (κ1) is 16.5. The summed E-state index contributed by atoms with van der Waals surface area (Å²) in [6, 6.07) is 15.1. The Labute approximate surface area is 154 Å². The number of hydrogen-bond acceptors (Lipinski definition) is 5. The average molecular weight is 345 g/mol. The highest BCUT2D eigenvalue weighted by Crippen LogP contribution is 2.37. The molecule has 2 aromatic carbocycles. The molecule has 1 aromatic heterocycles. The van der Waals surface area contributed by atoms with Gasteiger partial charge in [0.15, 0.2) is 5.82 Å². The van der Waals surface area contributed by atoms with E-state index >= 15 is 0 Å². The predicted molar refractivity (Wildman–Crippen MR) is 105 cm³/mol. The molecule has 1 N–H and O–H groups in total. The van der Waals surface area contributed by atoms with Gasteiger partial charge in [0, 0.05) is 17.4 Å². The highest BCUT2D eigenvalue weighted by atomic mass is 15.3. The zero-order valence-electron chi connectivity index (χ0n) is 15.4. The molecule has 0 amide bonds. The van der Waals surface area contributed by atoms with Gasteiger partial charge in [0.2, 0.25) is 5.95 Å². The Morgan fingerprint density at radius 3 is 2.85 bits per heavy atom. The molecule has 0 saturated heterocycles. The molecule has 132 valence electrons. The van der Waals surface area contributed by atoms with Crippen molar-refractivity contribution in [2.24, 2.45) is 0 Å². The highest BCUT2D eigenvalue weighted by molar-refractivity contribution is 5.69. The van der Waals surface area contributed by atoms with Crippen LogP contribution in [0.4, 0.5) is 23.1 Å². The number of hydrogen-bond donors (Lipinski definition) is 1. The summed E-state index contributed by atoms with van der Waals surface area (Å²) in [4.78, 5) is 7.00. The van der Waals surface area contributed by atoms with Crippen LogP contribution >= 0.6 is 0 Å². The van der Waals surface area contributed by atoms with Gasteiger partial charge < -0.3 is 10.2 Å². The summed E-state index contributed by atoms with van der Waals surface area (Å²) in [7, 11) is 0. The van der Waals surface area contributed by atoms with Gasteiger partial charge in [-0.2, -0.15) is 10.1 Å². The monoisotopic (exact) mass is 345 g/mol. The molecular formula is C21H23N5. The fraction of sp³-hybridized carbons (Fsp3) is 0.286. The Balaban J connectivity index is 1.69. The zero-order chi connectivity index (χ0) is 18.1. The lowest BCUT2D eigenvalue weighted by molar-refractivity contribution is 0.745. The van der Waals surface area contributed by atoms with E-state index in [0.29, 0.717) is 12.0 Å². The summed E-state index contributed by atoms with van der Waals surface area (Å²) in [5, 5.41) is 11.8. The maximum atomic E-state index is 4.76. The van der Waals surface area contributed by atoms with Crippen LogP contribution in [0.1, 0.15) is 30.5 Å². The van der Waals surface area contributed by atoms with Gasteiger partial charge in [0.05, 0.1) is 6.20 Å². The third-order valence-corrected chi connectivity index (χ3v) is 4.98. The maximum Gasteiger partial charge on any atom is 0.249 e. The van der Waals surface area contributed by atoms with Gasteiger partial charge >= 0.3 is 0 Å². The van der Waals surface area contributed by atoms with E-state index in [1.807, 2.05) is 0 Å². The fourth-order valence-corrected chi connectivity index (χ4v) is 3.69. The number of para-hydroxylation sites is 2. The zero-order valence-corrected chi connectivity index (χ0v) is 15.4. The van der Waals surface area contributed by atoms with Crippen LogP contribution in [0.25, 0.3) is 0 Å². The van der Waals surface area contributed by atoms with Crippen molar-refractivity contribution in [1.29, 1.82) is 0 Å². The molecule has 0 fully saturated rings. The smallest absolute Gasteiger partial charge is 0.249 e. The van der Waals surface area contributed by atoms with Crippen LogP contribution in [0.5, 0.6) is 0 Å². The van der Waals surface area contributed by atoms with E-state index in [4.69, 9.17) is 4.98 Å². The second-order valence-corrected chi connectivity index (χ2v) is 6.78. The Morgan fingerprint density at radius 2 is 2.00 bits per heavy atom. The Bertz CT molecular complexity index is 937. The molecule has 0 radical (unpaired) electrons.